The Bertz CT molecular complexity index is 1090. The first-order valence-corrected chi connectivity index (χ1v) is 10.3. The molecule has 8 nitrogen and oxygen atoms in total. The van der Waals surface area contributed by atoms with Gasteiger partial charge in [-0.25, -0.2) is 18.4 Å². The molecule has 29 heavy (non-hydrogen) atoms. The molecule has 0 radical (unpaired) electrons. The van der Waals surface area contributed by atoms with Crippen molar-refractivity contribution in [2.45, 2.75) is 24.8 Å². The average Bonchev–Trinajstić information content (AvgIpc) is 2.71. The summed E-state index contributed by atoms with van der Waals surface area (Å²) in [7, 11) is -3.79. The van der Waals surface area contributed by atoms with E-state index in [1.165, 1.54) is 19.1 Å². The average molecular weight is 412 g/mol. The molecule has 2 N–H and O–H groups in total. The van der Waals surface area contributed by atoms with Gasteiger partial charge >= 0.3 is 6.01 Å². The maximum Gasteiger partial charge on any atom is 0.321 e. The number of benzene rings is 2. The molecule has 1 amide bonds. The molecule has 0 aliphatic rings. The molecule has 9 heteroatoms. The Hall–Kier alpha value is -3.30. The molecule has 0 bridgehead atoms. The molecule has 2 aromatic carbocycles. The van der Waals surface area contributed by atoms with Crippen LogP contribution < -0.4 is 14.8 Å². The lowest BCUT2D eigenvalue weighted by Gasteiger charge is -2.16. The van der Waals surface area contributed by atoms with E-state index in [2.05, 4.69) is 20.0 Å². The highest BCUT2D eigenvalue weighted by Gasteiger charge is 2.22. The monoisotopic (exact) mass is 412 g/mol. The second-order valence-corrected chi connectivity index (χ2v) is 7.97. The highest BCUT2D eigenvalue weighted by molar-refractivity contribution is 7.89. The quantitative estimate of drug-likeness (QED) is 0.617. The van der Waals surface area contributed by atoms with Crippen molar-refractivity contribution in [2.24, 2.45) is 0 Å². The smallest absolute Gasteiger partial charge is 0.321 e. The van der Waals surface area contributed by atoms with E-state index in [4.69, 9.17) is 4.74 Å². The molecular formula is C20H20N4O4S. The van der Waals surface area contributed by atoms with Crippen LogP contribution in [0.4, 0.5) is 5.69 Å². The van der Waals surface area contributed by atoms with Gasteiger partial charge in [0.2, 0.25) is 15.9 Å². The van der Waals surface area contributed by atoms with Crippen molar-refractivity contribution >= 4 is 21.6 Å². The number of carbonyl (C=O) groups excluding carboxylic acids is 1. The molecule has 0 aliphatic heterocycles. The van der Waals surface area contributed by atoms with Gasteiger partial charge in [-0.05, 0) is 55.8 Å². The minimum Gasteiger partial charge on any atom is -0.424 e. The van der Waals surface area contributed by atoms with Crippen molar-refractivity contribution in [1.29, 1.82) is 0 Å². The molecule has 0 unspecified atom stereocenters. The molecule has 150 valence electrons. The Morgan fingerprint density at radius 3 is 2.38 bits per heavy atom. The van der Waals surface area contributed by atoms with E-state index in [-0.39, 0.29) is 10.9 Å². The van der Waals surface area contributed by atoms with Crippen LogP contribution in [0.1, 0.15) is 12.5 Å². The lowest BCUT2D eigenvalue weighted by atomic mass is 10.2. The Kier molecular flexibility index (Phi) is 6.20. The lowest BCUT2D eigenvalue weighted by Crippen LogP contribution is -2.41. The van der Waals surface area contributed by atoms with Gasteiger partial charge in [0.15, 0.2) is 0 Å². The Morgan fingerprint density at radius 1 is 1.03 bits per heavy atom. The fourth-order valence-electron chi connectivity index (χ4n) is 2.48. The summed E-state index contributed by atoms with van der Waals surface area (Å²) in [6.07, 6.45) is 3.14. The van der Waals surface area contributed by atoms with Crippen molar-refractivity contribution < 1.29 is 17.9 Å². The normalized spacial score (nSPS) is 12.2. The number of amides is 1. The van der Waals surface area contributed by atoms with Crippen LogP contribution in [-0.4, -0.2) is 30.3 Å². The van der Waals surface area contributed by atoms with Gasteiger partial charge in [-0.15, -0.1) is 0 Å². The number of hydrogen-bond acceptors (Lipinski definition) is 6. The zero-order valence-corrected chi connectivity index (χ0v) is 16.7. The summed E-state index contributed by atoms with van der Waals surface area (Å²) in [4.78, 5) is 20.5. The first kappa shape index (κ1) is 20.4. The van der Waals surface area contributed by atoms with E-state index >= 15 is 0 Å². The minimum absolute atomic E-state index is 0.0977. The third kappa shape index (κ3) is 5.37. The largest absolute Gasteiger partial charge is 0.424 e. The van der Waals surface area contributed by atoms with Gasteiger partial charge in [-0.3, -0.25) is 4.79 Å². The first-order valence-electron chi connectivity index (χ1n) is 8.79. The van der Waals surface area contributed by atoms with Gasteiger partial charge in [-0.2, -0.15) is 4.72 Å². The fraction of sp³-hybridized carbons (Fsp3) is 0.150. The van der Waals surface area contributed by atoms with E-state index in [0.29, 0.717) is 11.4 Å². The second-order valence-electron chi connectivity index (χ2n) is 6.26. The van der Waals surface area contributed by atoms with E-state index < -0.39 is 22.0 Å². The third-order valence-corrected chi connectivity index (χ3v) is 5.54. The summed E-state index contributed by atoms with van der Waals surface area (Å²) >= 11 is 0. The highest BCUT2D eigenvalue weighted by atomic mass is 32.2. The topological polar surface area (TPSA) is 110 Å². The SMILES string of the molecule is Cc1cc(Oc2ncccn2)ccc1NC(=O)[C@H](C)NS(=O)(=O)c1ccccc1. The van der Waals surface area contributed by atoms with Gasteiger partial charge < -0.3 is 10.1 Å². The number of carbonyl (C=O) groups is 1. The van der Waals surface area contributed by atoms with Crippen LogP contribution in [0, 0.1) is 6.92 Å². The van der Waals surface area contributed by atoms with Crippen molar-refractivity contribution in [3.63, 3.8) is 0 Å². The molecule has 1 aromatic heterocycles. The maximum atomic E-state index is 12.5. The summed E-state index contributed by atoms with van der Waals surface area (Å²) < 4.78 is 32.7. The number of nitrogens with zero attached hydrogens (tertiary/aromatic N) is 2. The Labute approximate surface area is 169 Å². The molecule has 0 aliphatic carbocycles. The van der Waals surface area contributed by atoms with Crippen LogP contribution in [0.2, 0.25) is 0 Å². The number of hydrogen-bond donors (Lipinski definition) is 2. The first-order chi connectivity index (χ1) is 13.8. The van der Waals surface area contributed by atoms with Gasteiger partial charge in [0.25, 0.3) is 0 Å². The van der Waals surface area contributed by atoms with Gasteiger partial charge in [0, 0.05) is 18.1 Å². The number of aromatic nitrogens is 2. The molecule has 0 saturated carbocycles. The summed E-state index contributed by atoms with van der Waals surface area (Å²) in [6.45, 7) is 3.28. The van der Waals surface area contributed by atoms with Crippen molar-refractivity contribution in [3.05, 3.63) is 72.6 Å². The van der Waals surface area contributed by atoms with E-state index in [9.17, 15) is 13.2 Å². The second kappa shape index (κ2) is 8.80. The van der Waals surface area contributed by atoms with E-state index in [1.807, 2.05) is 0 Å². The number of anilines is 1. The fourth-order valence-corrected chi connectivity index (χ4v) is 3.70. The van der Waals surface area contributed by atoms with Gasteiger partial charge in [0.1, 0.15) is 5.75 Å². The molecule has 3 rings (SSSR count). The Balaban J connectivity index is 1.65. The number of nitrogens with one attached hydrogen (secondary N) is 2. The Morgan fingerprint density at radius 2 is 1.72 bits per heavy atom. The molecular weight excluding hydrogens is 392 g/mol. The maximum absolute atomic E-state index is 12.5. The summed E-state index contributed by atoms with van der Waals surface area (Å²) in [5, 5.41) is 2.72. The summed E-state index contributed by atoms with van der Waals surface area (Å²) in [6, 6.07) is 13.9. The van der Waals surface area contributed by atoms with Crippen LogP contribution >= 0.6 is 0 Å². The molecule has 3 aromatic rings. The van der Waals surface area contributed by atoms with Gasteiger partial charge in [0.05, 0.1) is 10.9 Å². The minimum atomic E-state index is -3.79. The standard InChI is InChI=1S/C20H20N4O4S/c1-14-13-16(28-20-21-11-6-12-22-20)9-10-18(14)23-19(25)15(2)24-29(26,27)17-7-4-3-5-8-17/h3-13,15,24H,1-2H3,(H,23,25)/t15-/m0/s1. The molecule has 0 fully saturated rings. The zero-order chi connectivity index (χ0) is 20.9. The summed E-state index contributed by atoms with van der Waals surface area (Å²) in [5.41, 5.74) is 1.28. The predicted octanol–water partition coefficient (Wildman–Crippen LogP) is 2.88. The van der Waals surface area contributed by atoms with E-state index in [0.717, 1.165) is 5.56 Å². The van der Waals surface area contributed by atoms with Crippen molar-refractivity contribution in [3.8, 4) is 11.8 Å². The third-order valence-electron chi connectivity index (χ3n) is 3.99. The van der Waals surface area contributed by atoms with Crippen LogP contribution in [0.25, 0.3) is 0 Å². The number of sulfonamides is 1. The predicted molar refractivity (Wildman–Crippen MR) is 108 cm³/mol. The van der Waals surface area contributed by atoms with E-state index in [1.54, 1.807) is 61.8 Å². The molecule has 0 saturated heterocycles. The number of rotatable bonds is 7. The number of ether oxygens (including phenoxy) is 1. The summed E-state index contributed by atoms with van der Waals surface area (Å²) in [5.74, 6) is 0.0391. The van der Waals surface area contributed by atoms with Gasteiger partial charge in [-0.1, -0.05) is 18.2 Å². The van der Waals surface area contributed by atoms with Crippen LogP contribution in [-0.2, 0) is 14.8 Å². The zero-order valence-electron chi connectivity index (χ0n) is 15.9. The molecule has 1 heterocycles. The van der Waals surface area contributed by atoms with Crippen LogP contribution in [0.3, 0.4) is 0 Å². The molecule has 1 atom stereocenters. The molecule has 0 spiro atoms. The van der Waals surface area contributed by atoms with Crippen LogP contribution in [0.15, 0.2) is 71.9 Å². The van der Waals surface area contributed by atoms with Crippen molar-refractivity contribution in [2.75, 3.05) is 5.32 Å². The van der Waals surface area contributed by atoms with Crippen molar-refractivity contribution in [1.82, 2.24) is 14.7 Å². The van der Waals surface area contributed by atoms with Crippen LogP contribution in [0.5, 0.6) is 11.8 Å². The number of aryl methyl sites for hydroxylation is 1. The lowest BCUT2D eigenvalue weighted by molar-refractivity contribution is -0.117. The highest BCUT2D eigenvalue weighted by Crippen LogP contribution is 2.24.